The molecular weight excluding hydrogens is 261 g/mol. The van der Waals surface area contributed by atoms with Crippen LogP contribution in [0.5, 0.6) is 5.75 Å². The van der Waals surface area contributed by atoms with Crippen molar-refractivity contribution >= 4 is 15.9 Å². The Morgan fingerprint density at radius 3 is 2.93 bits per heavy atom. The Balaban J connectivity index is 2.14. The molecule has 0 amide bonds. The highest BCUT2D eigenvalue weighted by molar-refractivity contribution is 9.10. The summed E-state index contributed by atoms with van der Waals surface area (Å²) in [5.74, 6) is -0.865. The molecule has 1 aliphatic rings. The number of hydrogen-bond acceptors (Lipinski definition) is 2. The highest BCUT2D eigenvalue weighted by Gasteiger charge is 2.16. The van der Waals surface area contributed by atoms with E-state index in [9.17, 15) is 9.50 Å². The van der Waals surface area contributed by atoms with Crippen molar-refractivity contribution in [2.24, 2.45) is 0 Å². The Bertz CT molecular complexity index is 341. The lowest BCUT2D eigenvalue weighted by molar-refractivity contribution is 0.428. The Kier molecular flexibility index (Phi) is 3.26. The predicted molar refractivity (Wildman–Crippen MR) is 60.5 cm³/mol. The molecule has 1 unspecified atom stereocenters. The molecule has 2 rings (SSSR count). The van der Waals surface area contributed by atoms with E-state index in [0.717, 1.165) is 24.9 Å². The van der Waals surface area contributed by atoms with E-state index in [1.165, 1.54) is 12.5 Å². The molecule has 1 atom stereocenters. The zero-order chi connectivity index (χ0) is 10.8. The SMILES string of the molecule is Oc1c(F)cc(CC2CCCN2)cc1Br. The lowest BCUT2D eigenvalue weighted by Crippen LogP contribution is -2.23. The van der Waals surface area contributed by atoms with Gasteiger partial charge >= 0.3 is 0 Å². The van der Waals surface area contributed by atoms with E-state index >= 15 is 0 Å². The number of hydrogen-bond donors (Lipinski definition) is 2. The second-order valence-corrected chi connectivity index (χ2v) is 4.76. The van der Waals surface area contributed by atoms with Crippen LogP contribution in [-0.2, 0) is 6.42 Å². The zero-order valence-corrected chi connectivity index (χ0v) is 9.85. The molecule has 15 heavy (non-hydrogen) atoms. The Hall–Kier alpha value is -0.610. The van der Waals surface area contributed by atoms with Crippen LogP contribution in [0.3, 0.4) is 0 Å². The average Bonchev–Trinajstić information content (AvgIpc) is 2.66. The lowest BCUT2D eigenvalue weighted by atomic mass is 10.0. The van der Waals surface area contributed by atoms with E-state index in [2.05, 4.69) is 21.2 Å². The first kappa shape index (κ1) is 10.9. The van der Waals surface area contributed by atoms with Crippen LogP contribution >= 0.6 is 15.9 Å². The summed E-state index contributed by atoms with van der Waals surface area (Å²) in [4.78, 5) is 0. The third-order valence-electron chi connectivity index (χ3n) is 2.72. The van der Waals surface area contributed by atoms with Crippen LogP contribution < -0.4 is 5.32 Å². The molecule has 1 aromatic carbocycles. The van der Waals surface area contributed by atoms with Gasteiger partial charge in [-0.25, -0.2) is 4.39 Å². The highest BCUT2D eigenvalue weighted by atomic mass is 79.9. The maximum Gasteiger partial charge on any atom is 0.166 e. The summed E-state index contributed by atoms with van der Waals surface area (Å²) in [6.07, 6.45) is 3.14. The number of nitrogens with one attached hydrogen (secondary N) is 1. The smallest absolute Gasteiger partial charge is 0.166 e. The number of halogens is 2. The first-order valence-corrected chi connectivity index (χ1v) is 5.86. The minimum Gasteiger partial charge on any atom is -0.504 e. The van der Waals surface area contributed by atoms with Crippen LogP contribution in [0.25, 0.3) is 0 Å². The fourth-order valence-electron chi connectivity index (χ4n) is 1.95. The van der Waals surface area contributed by atoms with E-state index < -0.39 is 5.82 Å². The van der Waals surface area contributed by atoms with Crippen molar-refractivity contribution in [3.8, 4) is 5.75 Å². The number of aromatic hydroxyl groups is 1. The summed E-state index contributed by atoms with van der Waals surface area (Å²) in [6, 6.07) is 3.62. The van der Waals surface area contributed by atoms with Crippen LogP contribution in [0.1, 0.15) is 18.4 Å². The van der Waals surface area contributed by atoms with E-state index in [-0.39, 0.29) is 5.75 Å². The monoisotopic (exact) mass is 273 g/mol. The quantitative estimate of drug-likeness (QED) is 0.868. The summed E-state index contributed by atoms with van der Waals surface area (Å²) >= 11 is 3.14. The molecular formula is C11H13BrFNO. The largest absolute Gasteiger partial charge is 0.504 e. The molecule has 0 radical (unpaired) electrons. The minimum absolute atomic E-state index is 0.307. The van der Waals surface area contributed by atoms with Crippen molar-refractivity contribution in [3.63, 3.8) is 0 Å². The van der Waals surface area contributed by atoms with Gasteiger partial charge in [0.2, 0.25) is 0 Å². The van der Waals surface area contributed by atoms with Crippen LogP contribution in [0.4, 0.5) is 4.39 Å². The van der Waals surface area contributed by atoms with Crippen molar-refractivity contribution in [1.82, 2.24) is 5.32 Å². The number of phenolic OH excluding ortho intramolecular Hbond substituents is 1. The number of phenols is 1. The number of benzene rings is 1. The first-order valence-electron chi connectivity index (χ1n) is 5.07. The molecule has 4 heteroatoms. The molecule has 2 nitrogen and oxygen atoms in total. The minimum atomic E-state index is -0.558. The van der Waals surface area contributed by atoms with Gasteiger partial charge in [0.25, 0.3) is 0 Å². The summed E-state index contributed by atoms with van der Waals surface area (Å²) in [7, 11) is 0. The summed E-state index contributed by atoms with van der Waals surface area (Å²) in [5, 5.41) is 12.6. The summed E-state index contributed by atoms with van der Waals surface area (Å²) in [5.41, 5.74) is 0.913. The van der Waals surface area contributed by atoms with Gasteiger partial charge in [-0.1, -0.05) is 0 Å². The molecule has 0 saturated carbocycles. The topological polar surface area (TPSA) is 32.3 Å². The van der Waals surface area contributed by atoms with Crippen molar-refractivity contribution in [3.05, 3.63) is 28.0 Å². The van der Waals surface area contributed by atoms with Crippen molar-refractivity contribution in [1.29, 1.82) is 0 Å². The fraction of sp³-hybridized carbons (Fsp3) is 0.455. The fourth-order valence-corrected chi connectivity index (χ4v) is 2.43. The van der Waals surface area contributed by atoms with Crippen molar-refractivity contribution in [2.75, 3.05) is 6.54 Å². The summed E-state index contributed by atoms with van der Waals surface area (Å²) < 4.78 is 13.6. The van der Waals surface area contributed by atoms with Gasteiger partial charge in [-0.2, -0.15) is 0 Å². The van der Waals surface area contributed by atoms with Crippen molar-refractivity contribution < 1.29 is 9.50 Å². The molecule has 0 aliphatic carbocycles. The Morgan fingerprint density at radius 1 is 1.53 bits per heavy atom. The van der Waals surface area contributed by atoms with Gasteiger partial charge in [0.05, 0.1) is 4.47 Å². The molecule has 0 spiro atoms. The van der Waals surface area contributed by atoms with Gasteiger partial charge in [-0.15, -0.1) is 0 Å². The molecule has 0 bridgehead atoms. The highest BCUT2D eigenvalue weighted by Crippen LogP contribution is 2.29. The standard InChI is InChI=1S/C11H13BrFNO/c12-9-5-7(6-10(13)11(9)15)4-8-2-1-3-14-8/h5-6,8,14-15H,1-4H2. The van der Waals surface area contributed by atoms with Crippen LogP contribution in [0, 0.1) is 5.82 Å². The van der Waals surface area contributed by atoms with Gasteiger partial charge in [-0.3, -0.25) is 0 Å². The molecule has 82 valence electrons. The maximum atomic E-state index is 13.2. The molecule has 0 aromatic heterocycles. The van der Waals surface area contributed by atoms with Gasteiger partial charge in [0.15, 0.2) is 11.6 Å². The third kappa shape index (κ3) is 2.49. The molecule has 1 fully saturated rings. The van der Waals surface area contributed by atoms with Gasteiger partial charge in [0.1, 0.15) is 0 Å². The Morgan fingerprint density at radius 2 is 2.33 bits per heavy atom. The van der Waals surface area contributed by atoms with Crippen LogP contribution in [-0.4, -0.2) is 17.7 Å². The normalized spacial score (nSPS) is 20.8. The van der Waals surface area contributed by atoms with E-state index in [1.807, 2.05) is 0 Å². The number of rotatable bonds is 2. The first-order chi connectivity index (χ1) is 7.16. The average molecular weight is 274 g/mol. The predicted octanol–water partition coefficient (Wildman–Crippen LogP) is 2.59. The Labute approximate surface area is 96.6 Å². The van der Waals surface area contributed by atoms with E-state index in [4.69, 9.17) is 0 Å². The second-order valence-electron chi connectivity index (χ2n) is 3.91. The molecule has 1 aromatic rings. The van der Waals surface area contributed by atoms with Crippen molar-refractivity contribution in [2.45, 2.75) is 25.3 Å². The van der Waals surface area contributed by atoms with Gasteiger partial charge in [-0.05, 0) is 59.4 Å². The van der Waals surface area contributed by atoms with Crippen LogP contribution in [0.2, 0.25) is 0 Å². The zero-order valence-electron chi connectivity index (χ0n) is 8.26. The van der Waals surface area contributed by atoms with E-state index in [0.29, 0.717) is 10.5 Å². The molecule has 1 heterocycles. The summed E-state index contributed by atoms with van der Waals surface area (Å²) in [6.45, 7) is 1.05. The van der Waals surface area contributed by atoms with E-state index in [1.54, 1.807) is 6.07 Å². The van der Waals surface area contributed by atoms with Crippen LogP contribution in [0.15, 0.2) is 16.6 Å². The van der Waals surface area contributed by atoms with Gasteiger partial charge < -0.3 is 10.4 Å². The maximum absolute atomic E-state index is 13.2. The second kappa shape index (κ2) is 4.49. The molecule has 2 N–H and O–H groups in total. The molecule has 1 aliphatic heterocycles. The van der Waals surface area contributed by atoms with Gasteiger partial charge in [0, 0.05) is 6.04 Å². The lowest BCUT2D eigenvalue weighted by Gasteiger charge is -2.11. The molecule has 1 saturated heterocycles. The third-order valence-corrected chi connectivity index (χ3v) is 3.33.